The van der Waals surface area contributed by atoms with Crippen molar-refractivity contribution in [3.63, 3.8) is 0 Å². The lowest BCUT2D eigenvalue weighted by Crippen LogP contribution is -2.04. The lowest BCUT2D eigenvalue weighted by Gasteiger charge is -2.09. The molecule has 0 atom stereocenters. The average Bonchev–Trinajstić information content (AvgIpc) is 3.20. The zero-order chi connectivity index (χ0) is 25.4. The summed E-state index contributed by atoms with van der Waals surface area (Å²) in [5, 5.41) is 3.04. The van der Waals surface area contributed by atoms with E-state index in [1.165, 1.54) is 47.0 Å². The molecule has 0 aliphatic carbocycles. The van der Waals surface area contributed by atoms with Gasteiger partial charge >= 0.3 is 6.18 Å². The van der Waals surface area contributed by atoms with Gasteiger partial charge < -0.3 is 0 Å². The summed E-state index contributed by atoms with van der Waals surface area (Å²) in [6, 6.07) is 15.1. The van der Waals surface area contributed by atoms with Crippen LogP contribution in [0.25, 0.3) is 20.4 Å². The molecule has 0 aliphatic heterocycles. The first-order valence-corrected chi connectivity index (χ1v) is 14.1. The summed E-state index contributed by atoms with van der Waals surface area (Å²) < 4.78 is 40.5. The number of nitrogens with zero attached hydrogens (tertiary/aromatic N) is 3. The number of thiophene rings is 1. The third-order valence-electron chi connectivity index (χ3n) is 5.47. The second kappa shape index (κ2) is 10.2. The van der Waals surface area contributed by atoms with Gasteiger partial charge in [-0.05, 0) is 54.8 Å². The number of aryl methyl sites for hydroxylation is 2. The minimum atomic E-state index is -4.37. The third kappa shape index (κ3) is 5.49. The van der Waals surface area contributed by atoms with E-state index >= 15 is 0 Å². The van der Waals surface area contributed by atoms with Crippen LogP contribution in [-0.2, 0) is 17.7 Å². The lowest BCUT2D eigenvalue weighted by atomic mass is 10.1. The zero-order valence-electron chi connectivity index (χ0n) is 19.2. The Labute approximate surface area is 223 Å². The summed E-state index contributed by atoms with van der Waals surface area (Å²) in [4.78, 5) is 15.3. The van der Waals surface area contributed by atoms with Crippen molar-refractivity contribution in [2.45, 2.75) is 41.7 Å². The van der Waals surface area contributed by atoms with Gasteiger partial charge in [0.1, 0.15) is 9.86 Å². The van der Waals surface area contributed by atoms with Gasteiger partial charge in [0.05, 0.1) is 15.8 Å². The standard InChI is InChI=1S/C26H19ClF3N3S3/c1-14-10-15(2)31-23-20(14)21-22(36-23)24(34-13-17-4-3-5-18(11-17)26(28,29)30)33-25(32-21)35-12-16-6-8-19(27)9-7-16/h3-11H,12-13H2,1-2H3. The van der Waals surface area contributed by atoms with E-state index < -0.39 is 11.7 Å². The molecule has 0 spiro atoms. The van der Waals surface area contributed by atoms with Crippen molar-refractivity contribution in [2.24, 2.45) is 0 Å². The number of halogens is 4. The van der Waals surface area contributed by atoms with Crippen LogP contribution in [-0.4, -0.2) is 15.0 Å². The zero-order valence-corrected chi connectivity index (χ0v) is 22.4. The third-order valence-corrected chi connectivity index (χ3v) is 8.90. The van der Waals surface area contributed by atoms with Crippen LogP contribution >= 0.6 is 46.5 Å². The number of thioether (sulfide) groups is 2. The van der Waals surface area contributed by atoms with Crippen molar-refractivity contribution < 1.29 is 13.2 Å². The second-order valence-corrected chi connectivity index (χ2v) is 11.6. The number of hydrogen-bond acceptors (Lipinski definition) is 6. The molecule has 3 aromatic heterocycles. The first-order chi connectivity index (χ1) is 17.2. The number of fused-ring (bicyclic) bond motifs is 3. The van der Waals surface area contributed by atoms with E-state index in [9.17, 15) is 13.2 Å². The minimum Gasteiger partial charge on any atom is -0.242 e. The fourth-order valence-corrected chi connectivity index (χ4v) is 7.08. The van der Waals surface area contributed by atoms with Crippen molar-refractivity contribution in [1.82, 2.24) is 15.0 Å². The van der Waals surface area contributed by atoms with Crippen LogP contribution in [0.15, 0.2) is 64.8 Å². The number of hydrogen-bond donors (Lipinski definition) is 0. The van der Waals surface area contributed by atoms with E-state index in [1.54, 1.807) is 6.07 Å². The molecule has 0 bridgehead atoms. The molecular formula is C26H19ClF3N3S3. The quantitative estimate of drug-likeness (QED) is 0.117. The molecule has 5 rings (SSSR count). The van der Waals surface area contributed by atoms with Crippen LogP contribution < -0.4 is 0 Å². The van der Waals surface area contributed by atoms with Crippen LogP contribution in [0, 0.1) is 13.8 Å². The highest BCUT2D eigenvalue weighted by Crippen LogP contribution is 2.41. The molecule has 0 unspecified atom stereocenters. The smallest absolute Gasteiger partial charge is 0.242 e. The van der Waals surface area contributed by atoms with Gasteiger partial charge in [0.25, 0.3) is 0 Å². The van der Waals surface area contributed by atoms with Crippen molar-refractivity contribution in [1.29, 1.82) is 0 Å². The highest BCUT2D eigenvalue weighted by molar-refractivity contribution is 7.99. The number of aromatic nitrogens is 3. The molecule has 0 saturated carbocycles. The number of pyridine rings is 1. The number of alkyl halides is 3. The summed E-state index contributed by atoms with van der Waals surface area (Å²) >= 11 is 10.5. The normalized spacial score (nSPS) is 12.1. The fourth-order valence-electron chi connectivity index (χ4n) is 3.81. The van der Waals surface area contributed by atoms with Gasteiger partial charge in [-0.3, -0.25) is 0 Å². The molecular weight excluding hydrogens is 543 g/mol. The summed E-state index contributed by atoms with van der Waals surface area (Å²) in [6.45, 7) is 4.00. The Morgan fingerprint density at radius 3 is 2.39 bits per heavy atom. The summed E-state index contributed by atoms with van der Waals surface area (Å²) in [7, 11) is 0. The molecule has 0 saturated heterocycles. The van der Waals surface area contributed by atoms with E-state index in [1.807, 2.05) is 44.2 Å². The Kier molecular flexibility index (Phi) is 7.18. The van der Waals surface area contributed by atoms with Crippen molar-refractivity contribution in [3.8, 4) is 0 Å². The Morgan fingerprint density at radius 2 is 1.64 bits per heavy atom. The molecule has 2 aromatic carbocycles. The van der Waals surface area contributed by atoms with Crippen LogP contribution in [0.2, 0.25) is 5.02 Å². The van der Waals surface area contributed by atoms with E-state index in [2.05, 4.69) is 0 Å². The largest absolute Gasteiger partial charge is 0.416 e. The van der Waals surface area contributed by atoms with Crippen LogP contribution in [0.1, 0.15) is 27.9 Å². The second-order valence-electron chi connectivity index (χ2n) is 8.25. The molecule has 10 heteroatoms. The van der Waals surface area contributed by atoms with E-state index in [0.717, 1.165) is 48.3 Å². The van der Waals surface area contributed by atoms with E-state index in [4.69, 9.17) is 26.6 Å². The Hall–Kier alpha value is -2.33. The van der Waals surface area contributed by atoms with Gasteiger partial charge in [-0.15, -0.1) is 23.1 Å². The van der Waals surface area contributed by atoms with Gasteiger partial charge in [0, 0.05) is 27.6 Å². The predicted octanol–water partition coefficient (Wildman–Crippen LogP) is 9.11. The maximum absolute atomic E-state index is 13.2. The van der Waals surface area contributed by atoms with Crippen molar-refractivity contribution in [2.75, 3.05) is 0 Å². The molecule has 5 aromatic rings. The highest BCUT2D eigenvalue weighted by Gasteiger charge is 2.30. The fraction of sp³-hybridized carbons (Fsp3) is 0.192. The first kappa shape index (κ1) is 25.3. The molecule has 0 amide bonds. The van der Waals surface area contributed by atoms with Crippen molar-refractivity contribution >= 4 is 66.9 Å². The van der Waals surface area contributed by atoms with Crippen molar-refractivity contribution in [3.05, 3.63) is 87.6 Å². The van der Waals surface area contributed by atoms with E-state index in [0.29, 0.717) is 27.2 Å². The van der Waals surface area contributed by atoms with Gasteiger partial charge in [0.2, 0.25) is 0 Å². The predicted molar refractivity (Wildman–Crippen MR) is 144 cm³/mol. The van der Waals surface area contributed by atoms with E-state index in [-0.39, 0.29) is 0 Å². The topological polar surface area (TPSA) is 38.7 Å². The van der Waals surface area contributed by atoms with Crippen LogP contribution in [0.3, 0.4) is 0 Å². The SMILES string of the molecule is Cc1cc(C)c2c(n1)sc1c(SCc3cccc(C(F)(F)F)c3)nc(SCc3ccc(Cl)cc3)nc12. The summed E-state index contributed by atoms with van der Waals surface area (Å²) in [5.41, 5.74) is 3.88. The van der Waals surface area contributed by atoms with Crippen LogP contribution in [0.4, 0.5) is 13.2 Å². The molecule has 0 fully saturated rings. The molecule has 0 aliphatic rings. The highest BCUT2D eigenvalue weighted by atomic mass is 35.5. The molecule has 184 valence electrons. The lowest BCUT2D eigenvalue weighted by molar-refractivity contribution is -0.137. The van der Waals surface area contributed by atoms with Gasteiger partial charge in [0.15, 0.2) is 5.16 Å². The average molecular weight is 562 g/mol. The monoisotopic (exact) mass is 561 g/mol. The molecule has 36 heavy (non-hydrogen) atoms. The summed E-state index contributed by atoms with van der Waals surface area (Å²) in [5.74, 6) is 1.02. The molecule has 0 radical (unpaired) electrons. The van der Waals surface area contributed by atoms with Crippen LogP contribution in [0.5, 0.6) is 0 Å². The number of benzene rings is 2. The summed E-state index contributed by atoms with van der Waals surface area (Å²) in [6.07, 6.45) is -4.37. The van der Waals surface area contributed by atoms with Gasteiger partial charge in [-0.2, -0.15) is 13.2 Å². The Balaban J connectivity index is 1.52. The number of rotatable bonds is 6. The molecule has 3 heterocycles. The Bertz CT molecular complexity index is 1570. The minimum absolute atomic E-state index is 0.358. The maximum Gasteiger partial charge on any atom is 0.416 e. The maximum atomic E-state index is 13.2. The molecule has 0 N–H and O–H groups in total. The van der Waals surface area contributed by atoms with Gasteiger partial charge in [-0.1, -0.05) is 53.7 Å². The Morgan fingerprint density at radius 1 is 0.889 bits per heavy atom. The van der Waals surface area contributed by atoms with Gasteiger partial charge in [-0.25, -0.2) is 15.0 Å². The molecule has 3 nitrogen and oxygen atoms in total. The first-order valence-electron chi connectivity index (χ1n) is 10.9.